The van der Waals surface area contributed by atoms with E-state index in [-0.39, 0.29) is 17.8 Å². The highest BCUT2D eigenvalue weighted by atomic mass is 19.4. The fourth-order valence-corrected chi connectivity index (χ4v) is 4.51. The standard InChI is InChI=1S/C25H19F4N3O/c26-19-10-4-1-8-17(19)23-22-16(15-7-2-5-11-20(15)30-22)13-14-32(23)24(33)31-21-12-6-3-9-18(21)25(27,28)29/h1-12,23,30H,13-14H2,(H,31,33)/t23-/m0/s1. The molecule has 1 atom stereocenters. The van der Waals surface area contributed by atoms with Crippen molar-refractivity contribution in [3.8, 4) is 0 Å². The number of alkyl halides is 3. The Balaban J connectivity index is 1.59. The van der Waals surface area contributed by atoms with Crippen LogP contribution in [0.25, 0.3) is 10.9 Å². The largest absolute Gasteiger partial charge is 0.418 e. The number of benzene rings is 3. The molecule has 2 heterocycles. The minimum Gasteiger partial charge on any atom is -0.356 e. The fraction of sp³-hybridized carbons (Fsp3) is 0.160. The second-order valence-corrected chi connectivity index (χ2v) is 7.90. The van der Waals surface area contributed by atoms with Crippen LogP contribution in [0.3, 0.4) is 0 Å². The number of halogens is 4. The van der Waals surface area contributed by atoms with Crippen molar-refractivity contribution in [2.24, 2.45) is 0 Å². The maximum atomic E-state index is 14.9. The summed E-state index contributed by atoms with van der Waals surface area (Å²) in [5.41, 5.74) is 1.47. The SMILES string of the molecule is O=C(Nc1ccccc1C(F)(F)F)N1CCc2c([nH]c3ccccc23)[C@@H]1c1ccccc1F. The van der Waals surface area contributed by atoms with Gasteiger partial charge in [0.05, 0.1) is 11.3 Å². The van der Waals surface area contributed by atoms with Gasteiger partial charge in [-0.25, -0.2) is 9.18 Å². The van der Waals surface area contributed by atoms with Gasteiger partial charge in [-0.1, -0.05) is 48.5 Å². The Labute approximate surface area is 186 Å². The van der Waals surface area contributed by atoms with E-state index in [2.05, 4.69) is 10.3 Å². The second-order valence-electron chi connectivity index (χ2n) is 7.90. The Morgan fingerprint density at radius 3 is 2.45 bits per heavy atom. The number of nitrogens with zero attached hydrogens (tertiary/aromatic N) is 1. The van der Waals surface area contributed by atoms with Crippen molar-refractivity contribution in [1.82, 2.24) is 9.88 Å². The molecule has 0 aliphatic carbocycles. The molecule has 2 amide bonds. The molecular weight excluding hydrogens is 434 g/mol. The highest BCUT2D eigenvalue weighted by Gasteiger charge is 2.38. The molecule has 4 aromatic rings. The lowest BCUT2D eigenvalue weighted by atomic mass is 9.92. The number of urea groups is 1. The van der Waals surface area contributed by atoms with E-state index < -0.39 is 29.6 Å². The van der Waals surface area contributed by atoms with Gasteiger partial charge in [-0.3, -0.25) is 0 Å². The first kappa shape index (κ1) is 21.1. The molecule has 2 N–H and O–H groups in total. The Morgan fingerprint density at radius 1 is 0.970 bits per heavy atom. The number of fused-ring (bicyclic) bond motifs is 3. The first-order chi connectivity index (χ1) is 15.8. The average Bonchev–Trinajstić information content (AvgIpc) is 3.17. The molecule has 0 bridgehead atoms. The summed E-state index contributed by atoms with van der Waals surface area (Å²) in [6, 6.07) is 17.0. The summed E-state index contributed by atoms with van der Waals surface area (Å²) < 4.78 is 55.2. The van der Waals surface area contributed by atoms with E-state index in [0.29, 0.717) is 12.1 Å². The molecule has 1 aromatic heterocycles. The van der Waals surface area contributed by atoms with Gasteiger partial charge < -0.3 is 15.2 Å². The van der Waals surface area contributed by atoms with E-state index in [9.17, 15) is 22.4 Å². The highest BCUT2D eigenvalue weighted by Crippen LogP contribution is 2.40. The molecule has 0 radical (unpaired) electrons. The van der Waals surface area contributed by atoms with Crippen LogP contribution in [0.2, 0.25) is 0 Å². The summed E-state index contributed by atoms with van der Waals surface area (Å²) in [6.07, 6.45) is -4.14. The van der Waals surface area contributed by atoms with Gasteiger partial charge in [0.15, 0.2) is 0 Å². The van der Waals surface area contributed by atoms with Gasteiger partial charge in [-0.2, -0.15) is 13.2 Å². The number of carbonyl (C=O) groups excluding carboxylic acids is 1. The van der Waals surface area contributed by atoms with Gasteiger partial charge in [0.2, 0.25) is 0 Å². The van der Waals surface area contributed by atoms with Crippen molar-refractivity contribution < 1.29 is 22.4 Å². The quantitative estimate of drug-likeness (QED) is 0.334. The third kappa shape index (κ3) is 3.71. The van der Waals surface area contributed by atoms with E-state index in [0.717, 1.165) is 22.5 Å². The number of anilines is 1. The number of rotatable bonds is 2. The zero-order chi connectivity index (χ0) is 23.2. The number of hydrogen-bond acceptors (Lipinski definition) is 1. The lowest BCUT2D eigenvalue weighted by molar-refractivity contribution is -0.136. The molecule has 0 fully saturated rings. The van der Waals surface area contributed by atoms with E-state index in [1.54, 1.807) is 18.2 Å². The fourth-order valence-electron chi connectivity index (χ4n) is 4.51. The second kappa shape index (κ2) is 7.95. The molecule has 4 nitrogen and oxygen atoms in total. The number of carbonyl (C=O) groups is 1. The third-order valence-electron chi connectivity index (χ3n) is 5.97. The number of nitrogens with one attached hydrogen (secondary N) is 2. The first-order valence-electron chi connectivity index (χ1n) is 10.4. The molecule has 33 heavy (non-hydrogen) atoms. The maximum Gasteiger partial charge on any atom is 0.418 e. The molecule has 0 saturated carbocycles. The van der Waals surface area contributed by atoms with Gasteiger partial charge in [-0.15, -0.1) is 0 Å². The topological polar surface area (TPSA) is 48.1 Å². The van der Waals surface area contributed by atoms with Crippen molar-refractivity contribution in [3.63, 3.8) is 0 Å². The summed E-state index contributed by atoms with van der Waals surface area (Å²) in [7, 11) is 0. The van der Waals surface area contributed by atoms with Crippen LogP contribution in [0.4, 0.5) is 28.0 Å². The van der Waals surface area contributed by atoms with Crippen molar-refractivity contribution in [3.05, 3.63) is 101 Å². The van der Waals surface area contributed by atoms with Gasteiger partial charge in [0.1, 0.15) is 11.9 Å². The number of aromatic amines is 1. The summed E-state index contributed by atoms with van der Waals surface area (Å²) in [6.45, 7) is 0.216. The van der Waals surface area contributed by atoms with Crippen molar-refractivity contribution >= 4 is 22.6 Å². The van der Waals surface area contributed by atoms with Crippen LogP contribution in [0, 0.1) is 5.82 Å². The third-order valence-corrected chi connectivity index (χ3v) is 5.97. The van der Waals surface area contributed by atoms with Crippen LogP contribution < -0.4 is 5.32 Å². The molecule has 1 aliphatic heterocycles. The van der Waals surface area contributed by atoms with Crippen LogP contribution in [-0.4, -0.2) is 22.5 Å². The predicted molar refractivity (Wildman–Crippen MR) is 117 cm³/mol. The molecule has 0 saturated heterocycles. The molecule has 1 aliphatic rings. The average molecular weight is 453 g/mol. The molecule has 168 valence electrons. The lowest BCUT2D eigenvalue weighted by Crippen LogP contribution is -2.43. The molecular formula is C25H19F4N3O. The number of amides is 2. The number of hydrogen-bond donors (Lipinski definition) is 2. The van der Waals surface area contributed by atoms with Gasteiger partial charge in [0, 0.05) is 28.7 Å². The smallest absolute Gasteiger partial charge is 0.356 e. The Kier molecular flexibility index (Phi) is 5.08. The van der Waals surface area contributed by atoms with E-state index in [4.69, 9.17) is 0 Å². The zero-order valence-electron chi connectivity index (χ0n) is 17.3. The van der Waals surface area contributed by atoms with Gasteiger partial charge in [0.25, 0.3) is 0 Å². The van der Waals surface area contributed by atoms with Crippen LogP contribution in [0.1, 0.15) is 28.4 Å². The van der Waals surface area contributed by atoms with Crippen LogP contribution in [0.15, 0.2) is 72.8 Å². The van der Waals surface area contributed by atoms with E-state index >= 15 is 0 Å². The molecule has 0 spiro atoms. The molecule has 0 unspecified atom stereocenters. The van der Waals surface area contributed by atoms with Gasteiger partial charge in [-0.05, 0) is 36.2 Å². The number of H-pyrrole nitrogens is 1. The normalized spacial score (nSPS) is 16.0. The number of para-hydroxylation sites is 2. The van der Waals surface area contributed by atoms with E-state index in [1.807, 2.05) is 24.3 Å². The summed E-state index contributed by atoms with van der Waals surface area (Å²) >= 11 is 0. The van der Waals surface area contributed by atoms with Crippen LogP contribution in [0.5, 0.6) is 0 Å². The summed E-state index contributed by atoms with van der Waals surface area (Å²) in [4.78, 5) is 18.0. The highest BCUT2D eigenvalue weighted by molar-refractivity contribution is 5.92. The van der Waals surface area contributed by atoms with Crippen molar-refractivity contribution in [2.45, 2.75) is 18.6 Å². The minimum absolute atomic E-state index is 0.216. The first-order valence-corrected chi connectivity index (χ1v) is 10.4. The Bertz CT molecular complexity index is 1340. The van der Waals surface area contributed by atoms with Crippen LogP contribution in [-0.2, 0) is 12.6 Å². The molecule has 8 heteroatoms. The van der Waals surface area contributed by atoms with Gasteiger partial charge >= 0.3 is 12.2 Å². The van der Waals surface area contributed by atoms with E-state index in [1.165, 1.54) is 29.2 Å². The molecule has 3 aromatic carbocycles. The maximum absolute atomic E-state index is 14.9. The zero-order valence-corrected chi connectivity index (χ0v) is 17.3. The van der Waals surface area contributed by atoms with Crippen molar-refractivity contribution in [1.29, 1.82) is 0 Å². The molecule has 5 rings (SSSR count). The van der Waals surface area contributed by atoms with Crippen LogP contribution >= 0.6 is 0 Å². The minimum atomic E-state index is -4.62. The monoisotopic (exact) mass is 453 g/mol. The predicted octanol–water partition coefficient (Wildman–Crippen LogP) is 6.51. The summed E-state index contributed by atoms with van der Waals surface area (Å²) in [5, 5.41) is 3.38. The Morgan fingerprint density at radius 2 is 1.67 bits per heavy atom. The van der Waals surface area contributed by atoms with Crippen molar-refractivity contribution in [2.75, 3.05) is 11.9 Å². The summed E-state index contributed by atoms with van der Waals surface area (Å²) in [5.74, 6) is -0.498. The lowest BCUT2D eigenvalue weighted by Gasteiger charge is -2.36. The number of aromatic nitrogens is 1. The Hall–Kier alpha value is -3.81.